The minimum absolute atomic E-state index is 0. The molecule has 102 valence electrons. The van der Waals surface area contributed by atoms with Crippen LogP contribution < -0.4 is 5.32 Å². The van der Waals surface area contributed by atoms with Gasteiger partial charge in [0.15, 0.2) is 0 Å². The Morgan fingerprint density at radius 3 is 2.68 bits per heavy atom. The van der Waals surface area contributed by atoms with Crippen LogP contribution >= 0.6 is 12.4 Å². The SMILES string of the molecule is Cl.Cn1nccc1CNCc1ccccc1C(=O)O. The van der Waals surface area contributed by atoms with Crippen molar-refractivity contribution in [2.24, 2.45) is 7.05 Å². The quantitative estimate of drug-likeness (QED) is 0.877. The Balaban J connectivity index is 0.00000180. The molecular formula is C13H16ClN3O2. The van der Waals surface area contributed by atoms with Crippen LogP contribution in [0.4, 0.5) is 0 Å². The average Bonchev–Trinajstić information content (AvgIpc) is 2.76. The van der Waals surface area contributed by atoms with Gasteiger partial charge in [-0.3, -0.25) is 4.68 Å². The molecule has 5 nitrogen and oxygen atoms in total. The predicted molar refractivity (Wildman–Crippen MR) is 74.4 cm³/mol. The molecule has 6 heteroatoms. The number of benzene rings is 1. The zero-order chi connectivity index (χ0) is 13.0. The lowest BCUT2D eigenvalue weighted by molar-refractivity contribution is 0.0695. The van der Waals surface area contributed by atoms with E-state index in [1.807, 2.05) is 25.2 Å². The van der Waals surface area contributed by atoms with E-state index in [4.69, 9.17) is 5.11 Å². The first kappa shape index (κ1) is 15.2. The maximum Gasteiger partial charge on any atom is 0.336 e. The minimum Gasteiger partial charge on any atom is -0.478 e. The topological polar surface area (TPSA) is 67.2 Å². The van der Waals surface area contributed by atoms with Gasteiger partial charge in [-0.05, 0) is 17.7 Å². The highest BCUT2D eigenvalue weighted by molar-refractivity contribution is 5.89. The Hall–Kier alpha value is -1.85. The number of hydrogen-bond donors (Lipinski definition) is 2. The number of hydrogen-bond acceptors (Lipinski definition) is 3. The molecule has 0 amide bonds. The van der Waals surface area contributed by atoms with E-state index in [-0.39, 0.29) is 12.4 Å². The zero-order valence-corrected chi connectivity index (χ0v) is 11.4. The van der Waals surface area contributed by atoms with Gasteiger partial charge in [0.2, 0.25) is 0 Å². The van der Waals surface area contributed by atoms with Gasteiger partial charge in [0.25, 0.3) is 0 Å². The Kier molecular flexibility index (Phi) is 5.54. The molecule has 0 bridgehead atoms. The molecule has 0 radical (unpaired) electrons. The van der Waals surface area contributed by atoms with Crippen LogP contribution in [0.2, 0.25) is 0 Å². The van der Waals surface area contributed by atoms with Gasteiger partial charge < -0.3 is 10.4 Å². The van der Waals surface area contributed by atoms with Crippen LogP contribution in [0.5, 0.6) is 0 Å². The van der Waals surface area contributed by atoms with Crippen LogP contribution in [0.1, 0.15) is 21.6 Å². The summed E-state index contributed by atoms with van der Waals surface area (Å²) in [6.07, 6.45) is 1.74. The van der Waals surface area contributed by atoms with Crippen LogP contribution in [-0.4, -0.2) is 20.9 Å². The van der Waals surface area contributed by atoms with E-state index < -0.39 is 5.97 Å². The molecule has 0 spiro atoms. The highest BCUT2D eigenvalue weighted by Crippen LogP contribution is 2.08. The van der Waals surface area contributed by atoms with Gasteiger partial charge in [-0.1, -0.05) is 18.2 Å². The summed E-state index contributed by atoms with van der Waals surface area (Å²) in [4.78, 5) is 11.0. The average molecular weight is 282 g/mol. The highest BCUT2D eigenvalue weighted by atomic mass is 35.5. The van der Waals surface area contributed by atoms with Crippen molar-refractivity contribution in [2.75, 3.05) is 0 Å². The van der Waals surface area contributed by atoms with E-state index in [1.165, 1.54) is 0 Å². The number of aromatic carboxylic acids is 1. The third-order valence-corrected chi connectivity index (χ3v) is 2.79. The molecule has 1 heterocycles. The van der Waals surface area contributed by atoms with Crippen molar-refractivity contribution in [1.29, 1.82) is 0 Å². The largest absolute Gasteiger partial charge is 0.478 e. The van der Waals surface area contributed by atoms with E-state index in [0.717, 1.165) is 11.3 Å². The van der Waals surface area contributed by atoms with Crippen molar-refractivity contribution >= 4 is 18.4 Å². The smallest absolute Gasteiger partial charge is 0.336 e. The standard InChI is InChI=1S/C13H15N3O2.ClH/c1-16-11(6-7-15-16)9-14-8-10-4-2-3-5-12(10)13(17)18;/h2-7,14H,8-9H2,1H3,(H,17,18);1H. The monoisotopic (exact) mass is 281 g/mol. The van der Waals surface area contributed by atoms with E-state index in [0.29, 0.717) is 18.7 Å². The number of nitrogens with zero attached hydrogens (tertiary/aromatic N) is 2. The van der Waals surface area contributed by atoms with Crippen molar-refractivity contribution in [3.05, 3.63) is 53.3 Å². The predicted octanol–water partition coefficient (Wildman–Crippen LogP) is 1.83. The second-order valence-electron chi connectivity index (χ2n) is 4.01. The summed E-state index contributed by atoms with van der Waals surface area (Å²) < 4.78 is 1.79. The normalized spacial score (nSPS) is 9.95. The molecule has 0 saturated carbocycles. The highest BCUT2D eigenvalue weighted by Gasteiger charge is 2.08. The Bertz CT molecular complexity index is 554. The second kappa shape index (κ2) is 6.92. The second-order valence-corrected chi connectivity index (χ2v) is 4.01. The molecule has 0 unspecified atom stereocenters. The minimum atomic E-state index is -0.895. The molecule has 2 aromatic rings. The molecule has 0 atom stereocenters. The molecule has 2 N–H and O–H groups in total. The number of carboxylic acids is 1. The van der Waals surface area contributed by atoms with Gasteiger partial charge in [0.05, 0.1) is 11.3 Å². The van der Waals surface area contributed by atoms with Gasteiger partial charge in [-0.2, -0.15) is 5.10 Å². The van der Waals surface area contributed by atoms with Crippen molar-refractivity contribution in [3.63, 3.8) is 0 Å². The molecular weight excluding hydrogens is 266 g/mol. The van der Waals surface area contributed by atoms with Crippen LogP contribution in [0.3, 0.4) is 0 Å². The summed E-state index contributed by atoms with van der Waals surface area (Å²) in [6.45, 7) is 1.18. The first-order valence-corrected chi connectivity index (χ1v) is 5.67. The lowest BCUT2D eigenvalue weighted by atomic mass is 10.1. The van der Waals surface area contributed by atoms with E-state index in [1.54, 1.807) is 23.0 Å². The van der Waals surface area contributed by atoms with Crippen LogP contribution in [0.25, 0.3) is 0 Å². The maximum absolute atomic E-state index is 11.0. The molecule has 0 aliphatic heterocycles. The zero-order valence-electron chi connectivity index (χ0n) is 10.5. The third kappa shape index (κ3) is 3.81. The molecule has 1 aromatic heterocycles. The molecule has 0 aliphatic rings. The van der Waals surface area contributed by atoms with Crippen LogP contribution in [0.15, 0.2) is 36.5 Å². The molecule has 0 aliphatic carbocycles. The van der Waals surface area contributed by atoms with Gasteiger partial charge >= 0.3 is 5.97 Å². The fraction of sp³-hybridized carbons (Fsp3) is 0.231. The number of aryl methyl sites for hydroxylation is 1. The number of nitrogens with one attached hydrogen (secondary N) is 1. The number of aromatic nitrogens is 2. The lowest BCUT2D eigenvalue weighted by Crippen LogP contribution is -2.17. The first-order valence-electron chi connectivity index (χ1n) is 5.67. The Labute approximate surface area is 117 Å². The van der Waals surface area contributed by atoms with Gasteiger partial charge in [-0.15, -0.1) is 12.4 Å². The summed E-state index contributed by atoms with van der Waals surface area (Å²) in [6, 6.07) is 8.93. The lowest BCUT2D eigenvalue weighted by Gasteiger charge is -2.08. The summed E-state index contributed by atoms with van der Waals surface area (Å²) in [5, 5.41) is 16.3. The summed E-state index contributed by atoms with van der Waals surface area (Å²) in [5.41, 5.74) is 2.19. The van der Waals surface area contributed by atoms with Crippen molar-refractivity contribution in [2.45, 2.75) is 13.1 Å². The molecule has 19 heavy (non-hydrogen) atoms. The summed E-state index contributed by atoms with van der Waals surface area (Å²) in [7, 11) is 1.88. The van der Waals surface area contributed by atoms with Gasteiger partial charge in [0.1, 0.15) is 0 Å². The van der Waals surface area contributed by atoms with Crippen LogP contribution in [0, 0.1) is 0 Å². The van der Waals surface area contributed by atoms with Crippen molar-refractivity contribution in [3.8, 4) is 0 Å². The van der Waals surface area contributed by atoms with Crippen molar-refractivity contribution in [1.82, 2.24) is 15.1 Å². The molecule has 1 aromatic carbocycles. The Morgan fingerprint density at radius 2 is 2.05 bits per heavy atom. The molecule has 0 saturated heterocycles. The van der Waals surface area contributed by atoms with E-state index in [9.17, 15) is 4.79 Å². The van der Waals surface area contributed by atoms with E-state index in [2.05, 4.69) is 10.4 Å². The van der Waals surface area contributed by atoms with Crippen LogP contribution in [-0.2, 0) is 20.1 Å². The number of halogens is 1. The summed E-state index contributed by atoms with van der Waals surface area (Å²) in [5.74, 6) is -0.895. The van der Waals surface area contributed by atoms with Crippen molar-refractivity contribution < 1.29 is 9.90 Å². The van der Waals surface area contributed by atoms with E-state index >= 15 is 0 Å². The number of rotatable bonds is 5. The fourth-order valence-electron chi connectivity index (χ4n) is 1.78. The number of carboxylic acid groups (broad SMARTS) is 1. The van der Waals surface area contributed by atoms with Gasteiger partial charge in [0, 0.05) is 26.3 Å². The van der Waals surface area contributed by atoms with Gasteiger partial charge in [-0.25, -0.2) is 4.79 Å². The third-order valence-electron chi connectivity index (χ3n) is 2.79. The fourth-order valence-corrected chi connectivity index (χ4v) is 1.78. The maximum atomic E-state index is 11.0. The summed E-state index contributed by atoms with van der Waals surface area (Å²) >= 11 is 0. The molecule has 2 rings (SSSR count). The molecule has 0 fully saturated rings. The Morgan fingerprint density at radius 1 is 1.32 bits per heavy atom. The first-order chi connectivity index (χ1) is 8.68. The number of carbonyl (C=O) groups is 1.